The normalized spacial score (nSPS) is 11.4. The summed E-state index contributed by atoms with van der Waals surface area (Å²) in [5.74, 6) is 0.771. The van der Waals surface area contributed by atoms with E-state index in [4.69, 9.17) is 14.2 Å². The van der Waals surface area contributed by atoms with E-state index in [0.717, 1.165) is 16.7 Å². The molecule has 8 heteroatoms. The smallest absolute Gasteiger partial charge is 0.336 e. The number of benzene rings is 1. The SMILES string of the molecule is COC(=O)C(C)(C)COc1ccc(-c2ccc(-c3nc(OC(C)C)n[nH]3)cc2)cn1. The number of H-pyrrole nitrogens is 1. The molecular formula is C22H26N4O4. The van der Waals surface area contributed by atoms with Crippen LogP contribution in [0.1, 0.15) is 27.7 Å². The monoisotopic (exact) mass is 410 g/mol. The zero-order valence-electron chi connectivity index (χ0n) is 17.8. The number of ether oxygens (including phenoxy) is 3. The van der Waals surface area contributed by atoms with Gasteiger partial charge in [-0.15, -0.1) is 5.10 Å². The summed E-state index contributed by atoms with van der Waals surface area (Å²) in [6, 6.07) is 11.9. The first-order valence-corrected chi connectivity index (χ1v) is 9.65. The van der Waals surface area contributed by atoms with E-state index in [1.807, 2.05) is 44.2 Å². The van der Waals surface area contributed by atoms with Crippen LogP contribution in [0.3, 0.4) is 0 Å². The fourth-order valence-electron chi connectivity index (χ4n) is 2.69. The Kier molecular flexibility index (Phi) is 6.34. The number of esters is 1. The minimum absolute atomic E-state index is 0.0158. The summed E-state index contributed by atoms with van der Waals surface area (Å²) in [6.07, 6.45) is 1.75. The number of aromatic nitrogens is 4. The van der Waals surface area contributed by atoms with Crippen LogP contribution in [-0.4, -0.2) is 46.0 Å². The molecule has 0 aliphatic heterocycles. The molecule has 2 heterocycles. The predicted octanol–water partition coefficient (Wildman–Crippen LogP) is 3.90. The highest BCUT2D eigenvalue weighted by Gasteiger charge is 2.29. The van der Waals surface area contributed by atoms with E-state index in [1.54, 1.807) is 26.1 Å². The Labute approximate surface area is 175 Å². The molecule has 0 bridgehead atoms. The Morgan fingerprint density at radius 2 is 1.73 bits per heavy atom. The molecule has 1 aromatic carbocycles. The lowest BCUT2D eigenvalue weighted by Gasteiger charge is -2.21. The van der Waals surface area contributed by atoms with E-state index in [-0.39, 0.29) is 18.7 Å². The van der Waals surface area contributed by atoms with Crippen molar-refractivity contribution >= 4 is 5.97 Å². The van der Waals surface area contributed by atoms with E-state index in [9.17, 15) is 4.79 Å². The second kappa shape index (κ2) is 8.94. The average molecular weight is 410 g/mol. The van der Waals surface area contributed by atoms with E-state index < -0.39 is 5.41 Å². The standard InChI is InChI=1S/C22H26N4O4/c1-14(2)30-21-24-19(25-26-21)16-8-6-15(7-9-16)17-10-11-18(23-12-17)29-13-22(3,4)20(27)28-5/h6-12,14H,13H2,1-5H3,(H,24,25,26). The third-order valence-corrected chi connectivity index (χ3v) is 4.35. The van der Waals surface area contributed by atoms with Crippen molar-refractivity contribution in [2.24, 2.45) is 5.41 Å². The van der Waals surface area contributed by atoms with Gasteiger partial charge in [0.25, 0.3) is 0 Å². The number of nitrogens with zero attached hydrogens (tertiary/aromatic N) is 3. The summed E-state index contributed by atoms with van der Waals surface area (Å²) >= 11 is 0. The second-order valence-corrected chi connectivity index (χ2v) is 7.76. The van der Waals surface area contributed by atoms with Gasteiger partial charge in [-0.05, 0) is 39.3 Å². The molecule has 158 valence electrons. The van der Waals surface area contributed by atoms with Crippen LogP contribution < -0.4 is 9.47 Å². The summed E-state index contributed by atoms with van der Waals surface area (Å²) in [6.45, 7) is 7.56. The Morgan fingerprint density at radius 3 is 2.33 bits per heavy atom. The Hall–Kier alpha value is -3.42. The van der Waals surface area contributed by atoms with Gasteiger partial charge < -0.3 is 14.2 Å². The third kappa shape index (κ3) is 5.14. The number of rotatable bonds is 8. The molecule has 0 atom stereocenters. The van der Waals surface area contributed by atoms with Gasteiger partial charge in [-0.3, -0.25) is 9.89 Å². The molecule has 1 N–H and O–H groups in total. The van der Waals surface area contributed by atoms with Gasteiger partial charge in [-0.2, -0.15) is 4.98 Å². The topological polar surface area (TPSA) is 99.2 Å². The zero-order chi connectivity index (χ0) is 21.7. The lowest BCUT2D eigenvalue weighted by molar-refractivity contribution is -0.152. The van der Waals surface area contributed by atoms with Crippen molar-refractivity contribution in [1.29, 1.82) is 0 Å². The quantitative estimate of drug-likeness (QED) is 0.562. The predicted molar refractivity (Wildman–Crippen MR) is 112 cm³/mol. The van der Waals surface area contributed by atoms with Gasteiger partial charge in [0.2, 0.25) is 5.88 Å². The molecule has 0 amide bonds. The highest BCUT2D eigenvalue weighted by Crippen LogP contribution is 2.25. The van der Waals surface area contributed by atoms with Crippen molar-refractivity contribution in [3.8, 4) is 34.4 Å². The summed E-state index contributed by atoms with van der Waals surface area (Å²) < 4.78 is 15.9. The van der Waals surface area contributed by atoms with Gasteiger partial charge in [-0.1, -0.05) is 24.3 Å². The number of methoxy groups -OCH3 is 1. The van der Waals surface area contributed by atoms with Crippen LogP contribution in [0.5, 0.6) is 11.9 Å². The van der Waals surface area contributed by atoms with E-state index in [2.05, 4.69) is 20.2 Å². The van der Waals surface area contributed by atoms with Crippen molar-refractivity contribution in [2.45, 2.75) is 33.8 Å². The van der Waals surface area contributed by atoms with Crippen molar-refractivity contribution in [3.05, 3.63) is 42.6 Å². The van der Waals surface area contributed by atoms with Crippen LogP contribution in [0.25, 0.3) is 22.5 Å². The second-order valence-electron chi connectivity index (χ2n) is 7.76. The Bertz CT molecular complexity index is 979. The van der Waals surface area contributed by atoms with Crippen LogP contribution >= 0.6 is 0 Å². The number of pyridine rings is 1. The fraction of sp³-hybridized carbons (Fsp3) is 0.364. The highest BCUT2D eigenvalue weighted by atomic mass is 16.5. The van der Waals surface area contributed by atoms with E-state index in [1.165, 1.54) is 7.11 Å². The van der Waals surface area contributed by atoms with Crippen LogP contribution in [0.15, 0.2) is 42.6 Å². The van der Waals surface area contributed by atoms with Crippen LogP contribution in [0.2, 0.25) is 0 Å². The average Bonchev–Trinajstić information content (AvgIpc) is 3.20. The lowest BCUT2D eigenvalue weighted by Crippen LogP contribution is -2.32. The van der Waals surface area contributed by atoms with Crippen LogP contribution in [-0.2, 0) is 9.53 Å². The molecule has 0 saturated carbocycles. The van der Waals surface area contributed by atoms with E-state index in [0.29, 0.717) is 17.7 Å². The van der Waals surface area contributed by atoms with Crippen LogP contribution in [0.4, 0.5) is 0 Å². The molecule has 8 nitrogen and oxygen atoms in total. The van der Waals surface area contributed by atoms with Crippen LogP contribution in [0, 0.1) is 5.41 Å². The van der Waals surface area contributed by atoms with Gasteiger partial charge in [0, 0.05) is 23.4 Å². The van der Waals surface area contributed by atoms with Gasteiger partial charge >= 0.3 is 12.0 Å². The maximum Gasteiger partial charge on any atom is 0.336 e. The summed E-state index contributed by atoms with van der Waals surface area (Å²) in [4.78, 5) is 20.4. The van der Waals surface area contributed by atoms with Crippen molar-refractivity contribution in [2.75, 3.05) is 13.7 Å². The number of carbonyl (C=O) groups is 1. The van der Waals surface area contributed by atoms with Crippen molar-refractivity contribution < 1.29 is 19.0 Å². The maximum absolute atomic E-state index is 11.7. The number of aromatic amines is 1. The maximum atomic E-state index is 11.7. The third-order valence-electron chi connectivity index (χ3n) is 4.35. The molecule has 0 fully saturated rings. The molecule has 3 aromatic rings. The molecule has 0 aliphatic rings. The molecule has 3 rings (SSSR count). The first kappa shape index (κ1) is 21.3. The Morgan fingerprint density at radius 1 is 1.07 bits per heavy atom. The molecule has 30 heavy (non-hydrogen) atoms. The van der Waals surface area contributed by atoms with E-state index >= 15 is 0 Å². The van der Waals surface area contributed by atoms with Gasteiger partial charge in [0.05, 0.1) is 18.6 Å². The number of carbonyl (C=O) groups excluding carboxylic acids is 1. The first-order valence-electron chi connectivity index (χ1n) is 9.65. The van der Waals surface area contributed by atoms with Crippen molar-refractivity contribution in [3.63, 3.8) is 0 Å². The zero-order valence-corrected chi connectivity index (χ0v) is 17.8. The number of nitrogens with one attached hydrogen (secondary N) is 1. The molecule has 0 saturated heterocycles. The Balaban J connectivity index is 1.65. The first-order chi connectivity index (χ1) is 14.3. The minimum atomic E-state index is -0.744. The molecule has 0 radical (unpaired) electrons. The molecule has 0 spiro atoms. The highest BCUT2D eigenvalue weighted by molar-refractivity contribution is 5.76. The summed E-state index contributed by atoms with van der Waals surface area (Å²) in [5.41, 5.74) is 2.11. The van der Waals surface area contributed by atoms with Gasteiger partial charge in [-0.25, -0.2) is 4.98 Å². The number of hydrogen-bond donors (Lipinski definition) is 1. The lowest BCUT2D eigenvalue weighted by atomic mass is 9.95. The summed E-state index contributed by atoms with van der Waals surface area (Å²) in [5, 5.41) is 6.95. The van der Waals surface area contributed by atoms with Gasteiger partial charge in [0.15, 0.2) is 5.82 Å². The molecule has 2 aromatic heterocycles. The molecular weight excluding hydrogens is 384 g/mol. The molecule has 0 unspecified atom stereocenters. The molecule has 0 aliphatic carbocycles. The largest absolute Gasteiger partial charge is 0.476 e. The number of hydrogen-bond acceptors (Lipinski definition) is 7. The summed E-state index contributed by atoms with van der Waals surface area (Å²) in [7, 11) is 1.36. The minimum Gasteiger partial charge on any atom is -0.476 e. The fourth-order valence-corrected chi connectivity index (χ4v) is 2.69. The van der Waals surface area contributed by atoms with Crippen molar-refractivity contribution in [1.82, 2.24) is 20.2 Å². The van der Waals surface area contributed by atoms with Gasteiger partial charge in [0.1, 0.15) is 6.61 Å².